The Morgan fingerprint density at radius 3 is 2.52 bits per heavy atom. The average molecular weight is 341 g/mol. The van der Waals surface area contributed by atoms with E-state index in [4.69, 9.17) is 4.74 Å². The second kappa shape index (κ2) is 10.3. The molecule has 1 aromatic rings. The van der Waals surface area contributed by atoms with Gasteiger partial charge in [0.15, 0.2) is 6.61 Å². The molecule has 0 bridgehead atoms. The fourth-order valence-electron chi connectivity index (χ4n) is 1.40. The van der Waals surface area contributed by atoms with E-state index in [1.54, 1.807) is 17.5 Å². The van der Waals surface area contributed by atoms with Crippen LogP contribution in [0.15, 0.2) is 17.5 Å². The van der Waals surface area contributed by atoms with Gasteiger partial charge in [-0.25, -0.2) is 0 Å². The molecule has 3 N–H and O–H groups in total. The molecule has 126 valence electrons. The summed E-state index contributed by atoms with van der Waals surface area (Å²) in [5.74, 6) is -2.01. The van der Waals surface area contributed by atoms with E-state index in [0.717, 1.165) is 6.42 Å². The second-order valence-corrected chi connectivity index (χ2v) is 5.40. The third-order valence-corrected chi connectivity index (χ3v) is 3.39. The van der Waals surface area contributed by atoms with Crippen LogP contribution in [0.2, 0.25) is 0 Å². The number of hydrogen-bond donors (Lipinski definition) is 3. The maximum absolute atomic E-state index is 11.6. The first kappa shape index (κ1) is 18.6. The molecule has 0 unspecified atom stereocenters. The van der Waals surface area contributed by atoms with E-state index in [2.05, 4.69) is 16.0 Å². The number of amides is 3. The van der Waals surface area contributed by atoms with E-state index in [1.165, 1.54) is 11.3 Å². The van der Waals surface area contributed by atoms with Crippen molar-refractivity contribution in [3.8, 4) is 0 Å². The first-order valence-electron chi connectivity index (χ1n) is 7.03. The Labute approximate surface area is 137 Å². The molecule has 0 atom stereocenters. The molecule has 0 aliphatic carbocycles. The molecule has 0 saturated carbocycles. The Kier molecular flexibility index (Phi) is 8.37. The van der Waals surface area contributed by atoms with E-state index in [1.807, 2.05) is 6.92 Å². The molecule has 3 amide bonds. The van der Waals surface area contributed by atoms with Crippen LogP contribution in [0.4, 0.5) is 0 Å². The van der Waals surface area contributed by atoms with Crippen LogP contribution < -0.4 is 16.0 Å². The number of nitrogens with one attached hydrogen (secondary N) is 3. The summed E-state index contributed by atoms with van der Waals surface area (Å²) in [5.41, 5.74) is 0. The molecule has 8 nitrogen and oxygen atoms in total. The van der Waals surface area contributed by atoms with Gasteiger partial charge in [-0.2, -0.15) is 0 Å². The van der Waals surface area contributed by atoms with Crippen molar-refractivity contribution in [2.24, 2.45) is 0 Å². The van der Waals surface area contributed by atoms with Gasteiger partial charge in [-0.15, -0.1) is 11.3 Å². The van der Waals surface area contributed by atoms with Gasteiger partial charge in [0, 0.05) is 6.54 Å². The first-order valence-corrected chi connectivity index (χ1v) is 7.91. The topological polar surface area (TPSA) is 114 Å². The van der Waals surface area contributed by atoms with Crippen LogP contribution in [0.3, 0.4) is 0 Å². The van der Waals surface area contributed by atoms with Crippen LogP contribution in [0.5, 0.6) is 0 Å². The van der Waals surface area contributed by atoms with Crippen LogP contribution >= 0.6 is 11.3 Å². The number of carbonyl (C=O) groups excluding carboxylic acids is 4. The first-order chi connectivity index (χ1) is 11.0. The zero-order valence-electron chi connectivity index (χ0n) is 12.7. The molecule has 0 aliphatic rings. The quantitative estimate of drug-likeness (QED) is 0.532. The third kappa shape index (κ3) is 7.96. The summed E-state index contributed by atoms with van der Waals surface area (Å²) in [7, 11) is 0. The van der Waals surface area contributed by atoms with Crippen molar-refractivity contribution in [2.45, 2.75) is 13.3 Å². The summed E-state index contributed by atoms with van der Waals surface area (Å²) >= 11 is 1.25. The minimum atomic E-state index is -0.736. The molecular weight excluding hydrogens is 322 g/mol. The highest BCUT2D eigenvalue weighted by atomic mass is 32.1. The van der Waals surface area contributed by atoms with Gasteiger partial charge in [0.05, 0.1) is 11.4 Å². The molecule has 1 aromatic heterocycles. The zero-order valence-corrected chi connectivity index (χ0v) is 13.5. The van der Waals surface area contributed by atoms with Gasteiger partial charge in [-0.3, -0.25) is 19.2 Å². The summed E-state index contributed by atoms with van der Waals surface area (Å²) in [6.07, 6.45) is 0.800. The lowest BCUT2D eigenvalue weighted by Crippen LogP contribution is -2.39. The highest BCUT2D eigenvalue weighted by Crippen LogP contribution is 2.07. The molecule has 0 saturated heterocycles. The lowest BCUT2D eigenvalue weighted by molar-refractivity contribution is -0.147. The lowest BCUT2D eigenvalue weighted by Gasteiger charge is -2.07. The summed E-state index contributed by atoms with van der Waals surface area (Å²) in [6.45, 7) is 1.43. The molecule has 0 fully saturated rings. The van der Waals surface area contributed by atoms with E-state index < -0.39 is 18.5 Å². The molecule has 1 heterocycles. The Hall–Kier alpha value is -2.42. The normalized spacial score (nSPS) is 9.78. The third-order valence-electron chi connectivity index (χ3n) is 2.52. The van der Waals surface area contributed by atoms with Gasteiger partial charge in [-0.05, 0) is 17.9 Å². The van der Waals surface area contributed by atoms with Crippen LogP contribution in [0.25, 0.3) is 0 Å². The fourth-order valence-corrected chi connectivity index (χ4v) is 2.04. The van der Waals surface area contributed by atoms with E-state index in [0.29, 0.717) is 11.4 Å². The fraction of sp³-hybridized carbons (Fsp3) is 0.429. The van der Waals surface area contributed by atoms with Crippen molar-refractivity contribution in [1.29, 1.82) is 0 Å². The van der Waals surface area contributed by atoms with Crippen LogP contribution in [0.1, 0.15) is 23.0 Å². The summed E-state index contributed by atoms with van der Waals surface area (Å²) in [5, 5.41) is 9.04. The Balaban J connectivity index is 2.14. The Morgan fingerprint density at radius 2 is 1.87 bits per heavy atom. The summed E-state index contributed by atoms with van der Waals surface area (Å²) in [4.78, 5) is 46.1. The average Bonchev–Trinajstić information content (AvgIpc) is 3.08. The SMILES string of the molecule is CCCNC(=O)CNC(=O)COC(=O)CNC(=O)c1cccs1. The van der Waals surface area contributed by atoms with Crippen LogP contribution in [0, 0.1) is 0 Å². The molecule has 23 heavy (non-hydrogen) atoms. The molecule has 0 radical (unpaired) electrons. The molecule has 0 aromatic carbocycles. The molecule has 9 heteroatoms. The summed E-state index contributed by atoms with van der Waals surface area (Å²) < 4.78 is 4.69. The summed E-state index contributed by atoms with van der Waals surface area (Å²) in [6, 6.07) is 3.35. The molecule has 1 rings (SSSR count). The number of ether oxygens (including phenoxy) is 1. The number of rotatable bonds is 9. The predicted octanol–water partition coefficient (Wildman–Crippen LogP) is -0.336. The molecular formula is C14H19N3O5S. The van der Waals surface area contributed by atoms with Gasteiger partial charge in [0.25, 0.3) is 11.8 Å². The largest absolute Gasteiger partial charge is 0.454 e. The predicted molar refractivity (Wildman–Crippen MR) is 83.9 cm³/mol. The zero-order chi connectivity index (χ0) is 17.1. The van der Waals surface area contributed by atoms with Crippen LogP contribution in [-0.2, 0) is 19.1 Å². The van der Waals surface area contributed by atoms with Gasteiger partial charge in [0.2, 0.25) is 5.91 Å². The molecule has 0 spiro atoms. The minimum Gasteiger partial charge on any atom is -0.454 e. The van der Waals surface area contributed by atoms with Gasteiger partial charge >= 0.3 is 5.97 Å². The molecule has 0 aliphatic heterocycles. The van der Waals surface area contributed by atoms with E-state index >= 15 is 0 Å². The maximum Gasteiger partial charge on any atom is 0.325 e. The smallest absolute Gasteiger partial charge is 0.325 e. The van der Waals surface area contributed by atoms with Crippen molar-refractivity contribution in [3.05, 3.63) is 22.4 Å². The highest BCUT2D eigenvalue weighted by Gasteiger charge is 2.11. The Morgan fingerprint density at radius 1 is 1.09 bits per heavy atom. The number of hydrogen-bond acceptors (Lipinski definition) is 6. The van der Waals surface area contributed by atoms with Crippen molar-refractivity contribution >= 4 is 35.0 Å². The monoisotopic (exact) mass is 341 g/mol. The van der Waals surface area contributed by atoms with Gasteiger partial charge in [0.1, 0.15) is 6.54 Å². The number of carbonyl (C=O) groups is 4. The standard InChI is InChI=1S/C14H19N3O5S/c1-2-5-15-11(18)7-16-12(19)9-22-13(20)8-17-14(21)10-4-3-6-23-10/h3-4,6H,2,5,7-9H2,1H3,(H,15,18)(H,16,19)(H,17,21). The van der Waals surface area contributed by atoms with Crippen molar-refractivity contribution in [1.82, 2.24) is 16.0 Å². The minimum absolute atomic E-state index is 0.175. The van der Waals surface area contributed by atoms with Crippen molar-refractivity contribution in [2.75, 3.05) is 26.2 Å². The van der Waals surface area contributed by atoms with Crippen molar-refractivity contribution in [3.63, 3.8) is 0 Å². The number of thiophene rings is 1. The maximum atomic E-state index is 11.6. The van der Waals surface area contributed by atoms with E-state index in [-0.39, 0.29) is 24.9 Å². The van der Waals surface area contributed by atoms with Gasteiger partial charge in [-0.1, -0.05) is 13.0 Å². The second-order valence-electron chi connectivity index (χ2n) is 4.45. The van der Waals surface area contributed by atoms with Crippen molar-refractivity contribution < 1.29 is 23.9 Å². The lowest BCUT2D eigenvalue weighted by atomic mass is 10.4. The Bertz CT molecular complexity index is 545. The van der Waals surface area contributed by atoms with Gasteiger partial charge < -0.3 is 20.7 Å². The van der Waals surface area contributed by atoms with E-state index in [9.17, 15) is 19.2 Å². The van der Waals surface area contributed by atoms with Crippen LogP contribution in [-0.4, -0.2) is 49.9 Å². The highest BCUT2D eigenvalue weighted by molar-refractivity contribution is 7.12. The number of esters is 1.